The first kappa shape index (κ1) is 73.0. The van der Waals surface area contributed by atoms with Crippen LogP contribution in [0.4, 0.5) is 0 Å². The highest BCUT2D eigenvalue weighted by atomic mass is 28.4. The van der Waals surface area contributed by atoms with Crippen LogP contribution in [0.5, 0.6) is 0 Å². The molecule has 6 amide bonds. The number of aliphatic hydroxyl groups excluding tert-OH is 1. The van der Waals surface area contributed by atoms with Crippen molar-refractivity contribution in [3.8, 4) is 0 Å². The molecule has 4 bridgehead atoms. The molecule has 87 heavy (non-hydrogen) atoms. The molecule has 3 aliphatic rings. The van der Waals surface area contributed by atoms with Gasteiger partial charge in [-0.25, -0.2) is 5.43 Å². The van der Waals surface area contributed by atoms with Crippen molar-refractivity contribution >= 4 is 67.9 Å². The fraction of sp³-hybridized carbons (Fsp3) is 0.612. The predicted molar refractivity (Wildman–Crippen MR) is 342 cm³/mol. The number of carbonyl (C=O) groups excluding carboxylic acids is 8. The first-order valence-electron chi connectivity index (χ1n) is 31.2. The van der Waals surface area contributed by atoms with Gasteiger partial charge in [-0.2, -0.15) is 0 Å². The number of fused-ring (bicyclic) bond motifs is 4. The van der Waals surface area contributed by atoms with Gasteiger partial charge in [-0.3, -0.25) is 43.4 Å². The van der Waals surface area contributed by atoms with Crippen molar-refractivity contribution < 1.29 is 57.4 Å². The summed E-state index contributed by atoms with van der Waals surface area (Å²) in [4.78, 5) is 107. The zero-order chi connectivity index (χ0) is 65.1. The molecule has 20 heteroatoms. The van der Waals surface area contributed by atoms with E-state index in [4.69, 9.17) is 13.9 Å². The maximum absolute atomic E-state index is 13.5. The highest BCUT2D eigenvalue weighted by molar-refractivity contribution is 6.74. The monoisotopic (exact) mass is 1230 g/mol. The lowest BCUT2D eigenvalue weighted by atomic mass is 9.95. The second kappa shape index (κ2) is 33.8. The summed E-state index contributed by atoms with van der Waals surface area (Å²) < 4.78 is 18.0. The van der Waals surface area contributed by atoms with Crippen molar-refractivity contribution in [1.82, 2.24) is 36.6 Å². The quantitative estimate of drug-likeness (QED) is 0.0492. The molecule has 6 N–H and O–H groups in total. The van der Waals surface area contributed by atoms with Crippen LogP contribution in [-0.4, -0.2) is 133 Å². The lowest BCUT2D eigenvalue weighted by Crippen LogP contribution is -2.61. The minimum atomic E-state index is -2.19. The topological polar surface area (TPSA) is 251 Å². The molecule has 2 fully saturated rings. The van der Waals surface area contributed by atoms with E-state index in [2.05, 4.69) is 73.7 Å². The number of nitrogens with zero attached hydrogens (tertiary/aromatic N) is 2. The van der Waals surface area contributed by atoms with Gasteiger partial charge < -0.3 is 45.2 Å². The van der Waals surface area contributed by atoms with Crippen LogP contribution in [0.25, 0.3) is 12.2 Å². The van der Waals surface area contributed by atoms with Crippen LogP contribution in [-0.2, 0) is 52.3 Å². The molecular formula is C67H103N7O12Si. The molecule has 3 aliphatic heterocycles. The van der Waals surface area contributed by atoms with Crippen molar-refractivity contribution in [3.05, 3.63) is 96.1 Å². The number of nitrogens with one attached hydrogen (secondary N) is 5. The van der Waals surface area contributed by atoms with Gasteiger partial charge in [0, 0.05) is 19.6 Å². The number of benzene rings is 2. The number of likely N-dealkylation sites (tertiary alicyclic amines) is 1. The van der Waals surface area contributed by atoms with Gasteiger partial charge in [-0.1, -0.05) is 116 Å². The maximum atomic E-state index is 13.5. The van der Waals surface area contributed by atoms with Crippen LogP contribution in [0.2, 0.25) is 18.1 Å². The number of piperidine rings is 1. The van der Waals surface area contributed by atoms with E-state index in [0.29, 0.717) is 64.5 Å². The van der Waals surface area contributed by atoms with Crippen LogP contribution in [0.1, 0.15) is 176 Å². The summed E-state index contributed by atoms with van der Waals surface area (Å²) >= 11 is 0. The molecule has 5 rings (SSSR count). The standard InChI is InChI=1S/C38H61N3O6Si.C29H42N4O6/c1-13-15-21-32(47-48(11,12)38(8,9)10)26(5)37(45)46-33(25(3)4)35(43)40-28(7)36(44)41-22-17-20-31(24-41)34(42)39-27(6)30-19-16-18-29(14-2)23-30;1-17(2)25-27(36)31-20(5)28(37)33-15-9-13-23(32-33)26(35)30-19(4)22-12-8-11-21(16-22)10-6-7-14-24(34)18(3)29(38)39-25/h13-14,16,18-19,23,25-28,31-33H,1-2,15,17,20-22,24H2,3-12H3,(H,39,42)(H,40,43);6,8,10-12,16-20,23-25,32,34H,7,9,13-15H2,1-5H3,(H,30,35)(H,31,36)/b;10-6+/t26-,27?,28+,31-,32-,33+;18-,19-,20+,23+,24-,25+/m11/s1. The molecule has 482 valence electrons. The molecule has 1 unspecified atom stereocenters. The Bertz CT molecular complexity index is 2730. The van der Waals surface area contributed by atoms with Gasteiger partial charge in [0.05, 0.1) is 42.0 Å². The molecule has 0 spiro atoms. The molecule has 2 aromatic rings. The van der Waals surface area contributed by atoms with Crippen molar-refractivity contribution in [2.24, 2.45) is 29.6 Å². The van der Waals surface area contributed by atoms with Gasteiger partial charge in [0.25, 0.3) is 17.7 Å². The number of rotatable bonds is 17. The molecule has 2 aromatic carbocycles. The van der Waals surface area contributed by atoms with Crippen molar-refractivity contribution in [2.75, 3.05) is 19.6 Å². The molecule has 0 radical (unpaired) electrons. The van der Waals surface area contributed by atoms with E-state index in [1.165, 1.54) is 5.01 Å². The van der Waals surface area contributed by atoms with E-state index < -0.39 is 86.3 Å². The fourth-order valence-electron chi connectivity index (χ4n) is 10.2. The summed E-state index contributed by atoms with van der Waals surface area (Å²) in [6.07, 6.45) is 8.64. The molecule has 12 atom stereocenters. The molecule has 19 nitrogen and oxygen atoms in total. The Morgan fingerprint density at radius 1 is 0.862 bits per heavy atom. The van der Waals surface area contributed by atoms with E-state index in [1.807, 2.05) is 80.6 Å². The number of amides is 6. The van der Waals surface area contributed by atoms with Crippen LogP contribution in [0.15, 0.2) is 73.8 Å². The summed E-state index contributed by atoms with van der Waals surface area (Å²) in [5.74, 6) is -5.75. The van der Waals surface area contributed by atoms with E-state index in [-0.39, 0.29) is 65.2 Å². The van der Waals surface area contributed by atoms with Crippen molar-refractivity contribution in [3.63, 3.8) is 0 Å². The van der Waals surface area contributed by atoms with E-state index in [0.717, 1.165) is 22.3 Å². The van der Waals surface area contributed by atoms with Crippen molar-refractivity contribution in [1.29, 1.82) is 0 Å². The van der Waals surface area contributed by atoms with Gasteiger partial charge in [0.1, 0.15) is 18.1 Å². The molecule has 3 heterocycles. The lowest BCUT2D eigenvalue weighted by Gasteiger charge is -2.40. The third-order valence-corrected chi connectivity index (χ3v) is 21.5. The van der Waals surface area contributed by atoms with Crippen LogP contribution < -0.4 is 26.7 Å². The van der Waals surface area contributed by atoms with Gasteiger partial charge in [-0.05, 0) is 157 Å². The second-order valence-electron chi connectivity index (χ2n) is 26.0. The summed E-state index contributed by atoms with van der Waals surface area (Å²) in [6.45, 7) is 37.0. The Morgan fingerprint density at radius 2 is 1.53 bits per heavy atom. The Morgan fingerprint density at radius 3 is 2.17 bits per heavy atom. The minimum absolute atomic E-state index is 0.0410. The third-order valence-electron chi connectivity index (χ3n) is 17.0. The summed E-state index contributed by atoms with van der Waals surface area (Å²) in [5, 5.41) is 23.5. The largest absolute Gasteiger partial charge is 0.452 e. The van der Waals surface area contributed by atoms with E-state index >= 15 is 0 Å². The SMILES string of the molecule is C=CCC[C@@H](O[Si](C)(C)C(C)(C)C)[C@@H](C)C(=O)O[C@H](C(=O)N[C@@H](C)C(=O)N1CCC[C@@H](C(=O)NC(C)c2cccc(C=C)c2)C1)C(C)C.CC(C)[C@@H]1OC(=O)[C@H](C)[C@H](O)CC/C=C/c2cccc(c2)[C@@H](C)NC(=O)[C@@H]2CCCN(N2)C(=O)[C@H](C)NC1=O. The van der Waals surface area contributed by atoms with Gasteiger partial charge in [0.2, 0.25) is 17.7 Å². The summed E-state index contributed by atoms with van der Waals surface area (Å²) in [7, 11) is -2.19. The Balaban J connectivity index is 0.000000380. The van der Waals surface area contributed by atoms with Gasteiger partial charge in [0.15, 0.2) is 20.5 Å². The second-order valence-corrected chi connectivity index (χ2v) is 30.8. The van der Waals surface area contributed by atoms with Crippen LogP contribution >= 0.6 is 0 Å². The third kappa shape index (κ3) is 21.7. The van der Waals surface area contributed by atoms with E-state index in [1.54, 1.807) is 66.4 Å². The maximum Gasteiger partial charge on any atom is 0.312 e. The summed E-state index contributed by atoms with van der Waals surface area (Å²) in [6, 6.07) is 12.8. The fourth-order valence-corrected chi connectivity index (χ4v) is 11.6. The van der Waals surface area contributed by atoms with E-state index in [9.17, 15) is 43.5 Å². The van der Waals surface area contributed by atoms with Gasteiger partial charge in [-0.15, -0.1) is 6.58 Å². The number of hydrogen-bond acceptors (Lipinski definition) is 13. The first-order valence-corrected chi connectivity index (χ1v) is 34.2. The number of hydrogen-bond donors (Lipinski definition) is 6. The number of ether oxygens (including phenoxy) is 2. The minimum Gasteiger partial charge on any atom is -0.452 e. The van der Waals surface area contributed by atoms with Gasteiger partial charge >= 0.3 is 11.9 Å². The molecule has 0 aromatic heterocycles. The first-order chi connectivity index (χ1) is 40.8. The Labute approximate surface area is 519 Å². The Hall–Kier alpha value is -6.48. The van der Waals surface area contributed by atoms with Crippen molar-refractivity contribution in [2.45, 2.75) is 214 Å². The molecule has 2 saturated heterocycles. The predicted octanol–water partition coefficient (Wildman–Crippen LogP) is 9.05. The zero-order valence-electron chi connectivity index (χ0n) is 54.5. The number of esters is 2. The normalized spacial score (nSPS) is 24.1. The summed E-state index contributed by atoms with van der Waals surface area (Å²) in [5.41, 5.74) is 6.85. The molecule has 0 aliphatic carbocycles. The molecular weight excluding hydrogens is 1120 g/mol. The number of allylic oxidation sites excluding steroid dienone is 2. The Kier molecular flexibility index (Phi) is 28.3. The lowest BCUT2D eigenvalue weighted by molar-refractivity contribution is -0.165. The highest BCUT2D eigenvalue weighted by Crippen LogP contribution is 2.39. The number of carbonyl (C=O) groups is 8. The van der Waals surface area contributed by atoms with Crippen LogP contribution in [0, 0.1) is 29.6 Å². The number of hydrazine groups is 1. The highest BCUT2D eigenvalue weighted by Gasteiger charge is 2.43. The number of aliphatic hydroxyl groups is 1. The number of cyclic esters (lactones) is 1. The molecule has 0 saturated carbocycles. The smallest absolute Gasteiger partial charge is 0.312 e. The average molecular weight is 1230 g/mol. The zero-order valence-corrected chi connectivity index (χ0v) is 55.5. The van der Waals surface area contributed by atoms with Crippen LogP contribution in [0.3, 0.4) is 0 Å². The average Bonchev–Trinajstić information content (AvgIpc) is 3.67.